The number of nitrogens with one attached hydrogen (secondary N) is 3. The minimum Gasteiger partial charge on any atom is -0.497 e. The van der Waals surface area contributed by atoms with Gasteiger partial charge in [-0.3, -0.25) is 4.79 Å². The molecule has 5 rings (SSSR count). The Morgan fingerprint density at radius 2 is 1.54 bits per heavy atom. The predicted octanol–water partition coefficient (Wildman–Crippen LogP) is 6.12. The molecule has 2 heterocycles. The van der Waals surface area contributed by atoms with Crippen LogP contribution >= 0.6 is 0 Å². The lowest BCUT2D eigenvalue weighted by Crippen LogP contribution is -2.56. The van der Waals surface area contributed by atoms with Crippen molar-refractivity contribution in [2.75, 3.05) is 14.2 Å². The fourth-order valence-corrected chi connectivity index (χ4v) is 5.51. The molecule has 0 aliphatic heterocycles. The van der Waals surface area contributed by atoms with Crippen molar-refractivity contribution >= 4 is 22.9 Å². The Labute approximate surface area is 281 Å². The Hall–Kier alpha value is -5.32. The van der Waals surface area contributed by atoms with Crippen LogP contribution in [0.4, 0.5) is 4.79 Å². The van der Waals surface area contributed by atoms with E-state index in [1.165, 1.54) is 0 Å². The van der Waals surface area contributed by atoms with Crippen LogP contribution in [-0.4, -0.2) is 57.1 Å². The minimum absolute atomic E-state index is 0.387. The van der Waals surface area contributed by atoms with E-state index in [2.05, 4.69) is 20.7 Å². The smallest absolute Gasteiger partial charge is 0.408 e. The number of hydrogen-bond donors (Lipinski definition) is 3. The van der Waals surface area contributed by atoms with Crippen LogP contribution in [0.25, 0.3) is 10.9 Å². The van der Waals surface area contributed by atoms with Crippen molar-refractivity contribution in [3.05, 3.63) is 107 Å². The molecule has 252 valence electrons. The van der Waals surface area contributed by atoms with E-state index in [0.717, 1.165) is 33.4 Å². The Bertz CT molecular complexity index is 1850. The Kier molecular flexibility index (Phi) is 10.1. The topological polar surface area (TPSA) is 132 Å². The van der Waals surface area contributed by atoms with Crippen molar-refractivity contribution in [1.29, 1.82) is 0 Å². The highest BCUT2D eigenvalue weighted by atomic mass is 16.6. The average molecular weight is 653 g/mol. The van der Waals surface area contributed by atoms with E-state index in [4.69, 9.17) is 19.3 Å². The van der Waals surface area contributed by atoms with Crippen LogP contribution in [0.5, 0.6) is 11.5 Å². The van der Waals surface area contributed by atoms with E-state index in [1.54, 1.807) is 48.8 Å². The number of para-hydroxylation sites is 1. The van der Waals surface area contributed by atoms with Gasteiger partial charge in [-0.1, -0.05) is 48.5 Å². The first-order valence-corrected chi connectivity index (χ1v) is 15.9. The quantitative estimate of drug-likeness (QED) is 0.148. The number of alkyl carbamates (subject to hydrolysis) is 1. The van der Waals surface area contributed by atoms with Crippen molar-refractivity contribution in [2.24, 2.45) is 0 Å². The summed E-state index contributed by atoms with van der Waals surface area (Å²) in [4.78, 5) is 30.0. The van der Waals surface area contributed by atoms with Gasteiger partial charge in [-0.05, 0) is 69.5 Å². The van der Waals surface area contributed by atoms with Crippen LogP contribution in [0.1, 0.15) is 69.0 Å². The number of carbonyl (C=O) groups is 2. The van der Waals surface area contributed by atoms with Gasteiger partial charge in [0.15, 0.2) is 5.82 Å². The highest BCUT2D eigenvalue weighted by molar-refractivity contribution is 5.89. The number of methoxy groups -OCH3 is 2. The highest BCUT2D eigenvalue weighted by Gasteiger charge is 2.35. The SMILES string of the molecule is COc1cc(Cn2c(Cc3ccccc3)nnc2[C@@H](Cc2c[nH]c3ccccc23)NC(=O)C(C)(C)NC(=O)OC(C)(C)C)cc(OC)c1. The standard InChI is InChI=1S/C37H44N6O5/c1-36(2,3)48-35(45)40-37(4,5)34(44)39-31(20-26-22-38-30-16-12-11-15-29(26)30)33-42-41-32(19-24-13-9-8-10-14-24)43(33)23-25-17-27(46-6)21-28(18-25)47-7/h8-18,21-22,31,38H,19-20,23H2,1-7H3,(H,39,44)(H,40,45)/t31-/m1/s1. The van der Waals surface area contributed by atoms with Crippen molar-refractivity contribution in [3.8, 4) is 11.5 Å². The maximum atomic E-state index is 14.0. The molecule has 0 spiro atoms. The molecule has 11 nitrogen and oxygen atoms in total. The van der Waals surface area contributed by atoms with Gasteiger partial charge >= 0.3 is 6.09 Å². The lowest BCUT2D eigenvalue weighted by atomic mass is 10.0. The molecule has 0 bridgehead atoms. The molecule has 0 radical (unpaired) electrons. The molecule has 2 amide bonds. The summed E-state index contributed by atoms with van der Waals surface area (Å²) in [5, 5.41) is 16.3. The Morgan fingerprint density at radius 3 is 2.21 bits per heavy atom. The van der Waals surface area contributed by atoms with E-state index in [0.29, 0.717) is 36.7 Å². The van der Waals surface area contributed by atoms with Crippen molar-refractivity contribution in [3.63, 3.8) is 0 Å². The molecule has 2 aromatic heterocycles. The first-order valence-electron chi connectivity index (χ1n) is 15.9. The van der Waals surface area contributed by atoms with Crippen LogP contribution in [0.2, 0.25) is 0 Å². The molecule has 0 aliphatic carbocycles. The molecule has 1 atom stereocenters. The maximum Gasteiger partial charge on any atom is 0.408 e. The number of amides is 2. The number of H-pyrrole nitrogens is 1. The lowest BCUT2D eigenvalue weighted by molar-refractivity contribution is -0.127. The van der Waals surface area contributed by atoms with E-state index in [9.17, 15) is 9.59 Å². The molecular weight excluding hydrogens is 608 g/mol. The summed E-state index contributed by atoms with van der Waals surface area (Å²) < 4.78 is 18.6. The van der Waals surface area contributed by atoms with Gasteiger partial charge in [-0.2, -0.15) is 0 Å². The van der Waals surface area contributed by atoms with Crippen molar-refractivity contribution < 1.29 is 23.8 Å². The van der Waals surface area contributed by atoms with Crippen LogP contribution in [0.3, 0.4) is 0 Å². The molecule has 48 heavy (non-hydrogen) atoms. The third-order valence-corrected chi connectivity index (χ3v) is 7.91. The van der Waals surface area contributed by atoms with E-state index in [-0.39, 0.29) is 0 Å². The van der Waals surface area contributed by atoms with Crippen LogP contribution in [0, 0.1) is 0 Å². The van der Waals surface area contributed by atoms with Gasteiger partial charge in [-0.25, -0.2) is 4.79 Å². The van der Waals surface area contributed by atoms with Gasteiger partial charge < -0.3 is 34.4 Å². The summed E-state index contributed by atoms with van der Waals surface area (Å²) in [6, 6.07) is 23.1. The van der Waals surface area contributed by atoms with E-state index < -0.39 is 29.2 Å². The van der Waals surface area contributed by atoms with Gasteiger partial charge in [0.25, 0.3) is 0 Å². The van der Waals surface area contributed by atoms with E-state index >= 15 is 0 Å². The van der Waals surface area contributed by atoms with Crippen molar-refractivity contribution in [2.45, 2.75) is 71.2 Å². The number of aromatic nitrogens is 4. The summed E-state index contributed by atoms with van der Waals surface area (Å²) in [6.07, 6.45) is 2.19. The first-order chi connectivity index (χ1) is 22.8. The second-order valence-corrected chi connectivity index (χ2v) is 13.3. The zero-order valence-electron chi connectivity index (χ0n) is 28.6. The van der Waals surface area contributed by atoms with Gasteiger partial charge in [0.1, 0.15) is 28.5 Å². The second kappa shape index (κ2) is 14.2. The van der Waals surface area contributed by atoms with Crippen LogP contribution < -0.4 is 20.1 Å². The Morgan fingerprint density at radius 1 is 0.875 bits per heavy atom. The number of ether oxygens (including phenoxy) is 3. The zero-order valence-corrected chi connectivity index (χ0v) is 28.6. The fourth-order valence-electron chi connectivity index (χ4n) is 5.51. The number of nitrogens with zero attached hydrogens (tertiary/aromatic N) is 3. The molecule has 11 heteroatoms. The first kappa shape index (κ1) is 34.0. The van der Waals surface area contributed by atoms with E-state index in [1.807, 2.05) is 83.6 Å². The number of aromatic amines is 1. The fraction of sp³-hybridized carbons (Fsp3) is 0.351. The number of carbonyl (C=O) groups excluding carboxylic acids is 2. The lowest BCUT2D eigenvalue weighted by Gasteiger charge is -2.30. The summed E-state index contributed by atoms with van der Waals surface area (Å²) >= 11 is 0. The number of hydrogen-bond acceptors (Lipinski definition) is 7. The van der Waals surface area contributed by atoms with Gasteiger partial charge in [0.05, 0.1) is 26.8 Å². The highest BCUT2D eigenvalue weighted by Crippen LogP contribution is 2.28. The summed E-state index contributed by atoms with van der Waals surface area (Å²) in [7, 11) is 3.23. The van der Waals surface area contributed by atoms with Crippen LogP contribution in [0.15, 0.2) is 79.0 Å². The average Bonchev–Trinajstić information content (AvgIpc) is 3.63. The largest absolute Gasteiger partial charge is 0.497 e. The minimum atomic E-state index is -1.31. The molecule has 5 aromatic rings. The third-order valence-electron chi connectivity index (χ3n) is 7.91. The molecule has 3 N–H and O–H groups in total. The Balaban J connectivity index is 1.57. The summed E-state index contributed by atoms with van der Waals surface area (Å²) in [6.45, 7) is 8.99. The molecule has 0 saturated carbocycles. The summed E-state index contributed by atoms with van der Waals surface area (Å²) in [5.41, 5.74) is 1.93. The van der Waals surface area contributed by atoms with Crippen molar-refractivity contribution in [1.82, 2.24) is 30.4 Å². The van der Waals surface area contributed by atoms with Gasteiger partial charge in [-0.15, -0.1) is 10.2 Å². The molecule has 3 aromatic carbocycles. The zero-order chi connectivity index (χ0) is 34.5. The molecule has 0 unspecified atom stereocenters. The number of benzene rings is 3. The number of rotatable bonds is 12. The van der Waals surface area contributed by atoms with Crippen LogP contribution in [-0.2, 0) is 28.9 Å². The third kappa shape index (κ3) is 8.33. The molecular formula is C37H44N6O5. The summed E-state index contributed by atoms with van der Waals surface area (Å²) in [5.74, 6) is 2.20. The maximum absolute atomic E-state index is 14.0. The van der Waals surface area contributed by atoms with Gasteiger partial charge in [0.2, 0.25) is 5.91 Å². The molecule has 0 saturated heterocycles. The van der Waals surface area contributed by atoms with Gasteiger partial charge in [0, 0.05) is 36.0 Å². The second-order valence-electron chi connectivity index (χ2n) is 13.3. The molecule has 0 fully saturated rings. The molecule has 0 aliphatic rings. The number of fused-ring (bicyclic) bond motifs is 1. The monoisotopic (exact) mass is 652 g/mol. The normalized spacial score (nSPS) is 12.4. The predicted molar refractivity (Wildman–Crippen MR) is 184 cm³/mol.